The van der Waals surface area contributed by atoms with Gasteiger partial charge in [-0.15, -0.1) is 0 Å². The molecule has 0 saturated carbocycles. The fourth-order valence-electron chi connectivity index (χ4n) is 3.04. The first-order chi connectivity index (χ1) is 11.6. The van der Waals surface area contributed by atoms with Crippen molar-refractivity contribution in [1.29, 1.82) is 0 Å². The molecule has 5 nitrogen and oxygen atoms in total. The maximum atomic E-state index is 12.1. The number of rotatable bonds is 5. The van der Waals surface area contributed by atoms with E-state index in [1.807, 2.05) is 6.07 Å². The van der Waals surface area contributed by atoms with Gasteiger partial charge in [-0.25, -0.2) is 9.97 Å². The van der Waals surface area contributed by atoms with Crippen LogP contribution >= 0.6 is 0 Å². The van der Waals surface area contributed by atoms with Crippen molar-refractivity contribution < 1.29 is 4.79 Å². The fraction of sp³-hybridized carbons (Fsp3) is 0.421. The minimum absolute atomic E-state index is 0.162. The second-order valence-corrected chi connectivity index (χ2v) is 6.75. The molecular weight excluding hydrogens is 300 g/mol. The molecule has 1 unspecified atom stereocenters. The number of para-hydroxylation sites is 1. The Morgan fingerprint density at radius 1 is 1.29 bits per heavy atom. The smallest absolute Gasteiger partial charge is 0.271 e. The molecule has 5 heteroatoms. The summed E-state index contributed by atoms with van der Waals surface area (Å²) in [6.45, 7) is 7.11. The SMILES string of the molecule is CC(C)CCNC(=O)c1cnc(N2c3ccccc3CC2C)cn1. The van der Waals surface area contributed by atoms with Gasteiger partial charge in [0.2, 0.25) is 0 Å². The van der Waals surface area contributed by atoms with Crippen molar-refractivity contribution >= 4 is 17.4 Å². The van der Waals surface area contributed by atoms with Crippen molar-refractivity contribution in [2.24, 2.45) is 5.92 Å². The molecule has 0 saturated heterocycles. The highest BCUT2D eigenvalue weighted by Gasteiger charge is 2.27. The Hall–Kier alpha value is -2.43. The summed E-state index contributed by atoms with van der Waals surface area (Å²) in [4.78, 5) is 23.1. The number of benzene rings is 1. The van der Waals surface area contributed by atoms with E-state index >= 15 is 0 Å². The van der Waals surface area contributed by atoms with Crippen LogP contribution in [0.3, 0.4) is 0 Å². The quantitative estimate of drug-likeness (QED) is 0.916. The normalized spacial score (nSPS) is 16.3. The number of carbonyl (C=O) groups is 1. The fourth-order valence-corrected chi connectivity index (χ4v) is 3.04. The van der Waals surface area contributed by atoms with Crippen LogP contribution in [0.5, 0.6) is 0 Å². The molecule has 126 valence electrons. The molecule has 1 atom stereocenters. The maximum Gasteiger partial charge on any atom is 0.271 e. The molecule has 0 aliphatic carbocycles. The third-order valence-electron chi connectivity index (χ3n) is 4.33. The summed E-state index contributed by atoms with van der Waals surface area (Å²) in [5.41, 5.74) is 2.86. The zero-order chi connectivity index (χ0) is 17.1. The van der Waals surface area contributed by atoms with E-state index in [9.17, 15) is 4.79 Å². The van der Waals surface area contributed by atoms with Gasteiger partial charge >= 0.3 is 0 Å². The highest BCUT2D eigenvalue weighted by atomic mass is 16.1. The Kier molecular flexibility index (Phi) is 4.79. The number of nitrogens with zero attached hydrogens (tertiary/aromatic N) is 3. The molecule has 1 N–H and O–H groups in total. The summed E-state index contributed by atoms with van der Waals surface area (Å²) in [6, 6.07) is 8.68. The van der Waals surface area contributed by atoms with Crippen LogP contribution < -0.4 is 10.2 Å². The van der Waals surface area contributed by atoms with Gasteiger partial charge in [0.25, 0.3) is 5.91 Å². The Morgan fingerprint density at radius 3 is 2.79 bits per heavy atom. The average Bonchev–Trinajstić information content (AvgIpc) is 2.90. The van der Waals surface area contributed by atoms with Gasteiger partial charge in [-0.1, -0.05) is 32.0 Å². The number of anilines is 2. The summed E-state index contributed by atoms with van der Waals surface area (Å²) in [6.07, 6.45) is 5.21. The molecule has 0 radical (unpaired) electrons. The summed E-state index contributed by atoms with van der Waals surface area (Å²) in [5, 5.41) is 2.89. The lowest BCUT2D eigenvalue weighted by molar-refractivity contribution is 0.0946. The number of carbonyl (C=O) groups excluding carboxylic acids is 1. The topological polar surface area (TPSA) is 58.1 Å². The van der Waals surface area contributed by atoms with Crippen LogP contribution in [0.1, 0.15) is 43.2 Å². The summed E-state index contributed by atoms with van der Waals surface area (Å²) in [7, 11) is 0. The van der Waals surface area contributed by atoms with Crippen LogP contribution in [-0.4, -0.2) is 28.5 Å². The van der Waals surface area contributed by atoms with Crippen molar-refractivity contribution in [2.75, 3.05) is 11.4 Å². The highest BCUT2D eigenvalue weighted by molar-refractivity contribution is 5.92. The number of hydrogen-bond donors (Lipinski definition) is 1. The molecule has 0 fully saturated rings. The van der Waals surface area contributed by atoms with Crippen LogP contribution in [0.4, 0.5) is 11.5 Å². The van der Waals surface area contributed by atoms with E-state index in [0.717, 1.165) is 18.7 Å². The molecule has 0 spiro atoms. The molecule has 1 amide bonds. The Bertz CT molecular complexity index is 712. The molecule has 1 aliphatic heterocycles. The molecule has 2 heterocycles. The van der Waals surface area contributed by atoms with E-state index in [-0.39, 0.29) is 5.91 Å². The van der Waals surface area contributed by atoms with Crippen molar-refractivity contribution in [3.8, 4) is 0 Å². The van der Waals surface area contributed by atoms with Gasteiger partial charge < -0.3 is 10.2 Å². The predicted octanol–water partition coefficient (Wildman–Crippen LogP) is 3.34. The van der Waals surface area contributed by atoms with Gasteiger partial charge in [0.1, 0.15) is 5.69 Å². The predicted molar refractivity (Wildman–Crippen MR) is 95.6 cm³/mol. The lowest BCUT2D eigenvalue weighted by atomic mass is 10.1. The van der Waals surface area contributed by atoms with Crippen molar-refractivity contribution in [3.63, 3.8) is 0 Å². The van der Waals surface area contributed by atoms with E-state index in [1.165, 1.54) is 11.3 Å². The minimum atomic E-state index is -0.162. The molecular formula is C19H24N4O. The van der Waals surface area contributed by atoms with Crippen LogP contribution in [-0.2, 0) is 6.42 Å². The van der Waals surface area contributed by atoms with Gasteiger partial charge in [-0.05, 0) is 37.3 Å². The lowest BCUT2D eigenvalue weighted by Gasteiger charge is -2.23. The largest absolute Gasteiger partial charge is 0.351 e. The summed E-state index contributed by atoms with van der Waals surface area (Å²) >= 11 is 0. The Morgan fingerprint density at radius 2 is 2.08 bits per heavy atom. The highest BCUT2D eigenvalue weighted by Crippen LogP contribution is 2.36. The molecule has 24 heavy (non-hydrogen) atoms. The van der Waals surface area contributed by atoms with E-state index in [4.69, 9.17) is 0 Å². The molecule has 3 rings (SSSR count). The van der Waals surface area contributed by atoms with Crippen LogP contribution in [0, 0.1) is 5.92 Å². The van der Waals surface area contributed by atoms with Crippen molar-refractivity contribution in [1.82, 2.24) is 15.3 Å². The maximum absolute atomic E-state index is 12.1. The van der Waals surface area contributed by atoms with Crippen LogP contribution in [0.2, 0.25) is 0 Å². The van der Waals surface area contributed by atoms with E-state index in [1.54, 1.807) is 12.4 Å². The molecule has 1 aliphatic rings. The Labute approximate surface area is 143 Å². The monoisotopic (exact) mass is 324 g/mol. The summed E-state index contributed by atoms with van der Waals surface area (Å²) < 4.78 is 0. The van der Waals surface area contributed by atoms with Gasteiger partial charge in [0.15, 0.2) is 5.82 Å². The number of hydrogen-bond acceptors (Lipinski definition) is 4. The molecule has 2 aromatic rings. The average molecular weight is 324 g/mol. The number of amides is 1. The number of aromatic nitrogens is 2. The first kappa shape index (κ1) is 16.4. The van der Waals surface area contributed by atoms with Crippen molar-refractivity contribution in [3.05, 3.63) is 47.9 Å². The third kappa shape index (κ3) is 3.40. The standard InChI is InChI=1S/C19H24N4O/c1-13(2)8-9-20-19(24)16-11-22-18(12-21-16)23-14(3)10-15-6-4-5-7-17(15)23/h4-7,11-14H,8-10H2,1-3H3,(H,20,24). The van der Waals surface area contributed by atoms with Gasteiger partial charge in [0, 0.05) is 18.3 Å². The molecule has 1 aromatic heterocycles. The first-order valence-electron chi connectivity index (χ1n) is 8.53. The molecule has 0 bridgehead atoms. The zero-order valence-corrected chi connectivity index (χ0v) is 14.5. The van der Waals surface area contributed by atoms with E-state index in [0.29, 0.717) is 24.2 Å². The second kappa shape index (κ2) is 6.99. The summed E-state index contributed by atoms with van der Waals surface area (Å²) in [5.74, 6) is 1.19. The van der Waals surface area contributed by atoms with E-state index < -0.39 is 0 Å². The van der Waals surface area contributed by atoms with Gasteiger partial charge in [-0.2, -0.15) is 0 Å². The molecule has 1 aromatic carbocycles. The number of nitrogens with one attached hydrogen (secondary N) is 1. The Balaban J connectivity index is 1.72. The second-order valence-electron chi connectivity index (χ2n) is 6.75. The third-order valence-corrected chi connectivity index (χ3v) is 4.33. The first-order valence-corrected chi connectivity index (χ1v) is 8.53. The van der Waals surface area contributed by atoms with Crippen molar-refractivity contribution in [2.45, 2.75) is 39.7 Å². The van der Waals surface area contributed by atoms with Gasteiger partial charge in [-0.3, -0.25) is 4.79 Å². The van der Waals surface area contributed by atoms with Gasteiger partial charge in [0.05, 0.1) is 12.4 Å². The minimum Gasteiger partial charge on any atom is -0.351 e. The van der Waals surface area contributed by atoms with E-state index in [2.05, 4.69) is 59.2 Å². The zero-order valence-electron chi connectivity index (χ0n) is 14.5. The lowest BCUT2D eigenvalue weighted by Crippen LogP contribution is -2.28. The van der Waals surface area contributed by atoms with Crippen LogP contribution in [0.25, 0.3) is 0 Å². The van der Waals surface area contributed by atoms with Crippen LogP contribution in [0.15, 0.2) is 36.7 Å². The number of fused-ring (bicyclic) bond motifs is 1.